The van der Waals surface area contributed by atoms with Gasteiger partial charge in [-0.25, -0.2) is 4.68 Å². The normalized spacial score (nSPS) is 20.0. The molecule has 0 aliphatic carbocycles. The van der Waals surface area contributed by atoms with Crippen molar-refractivity contribution < 1.29 is 19.2 Å². The highest BCUT2D eigenvalue weighted by Gasteiger charge is 2.44. The van der Waals surface area contributed by atoms with Crippen LogP contribution in [0.2, 0.25) is 0 Å². The summed E-state index contributed by atoms with van der Waals surface area (Å²) in [5, 5.41) is 6.27. The molecule has 1 unspecified atom stereocenters. The molecule has 1 aliphatic rings. The van der Waals surface area contributed by atoms with Gasteiger partial charge in [0.05, 0.1) is 12.3 Å². The number of piperidine rings is 1. The van der Waals surface area contributed by atoms with Crippen molar-refractivity contribution in [2.45, 2.75) is 97.8 Å². The lowest BCUT2D eigenvalue weighted by Crippen LogP contribution is -2.60. The van der Waals surface area contributed by atoms with Crippen LogP contribution in [0.3, 0.4) is 0 Å². The van der Waals surface area contributed by atoms with E-state index in [0.29, 0.717) is 6.61 Å². The average Bonchev–Trinajstić information content (AvgIpc) is 2.91. The number of aryl methyl sites for hydroxylation is 2. The number of carbonyl (C=O) groups is 2. The van der Waals surface area contributed by atoms with Crippen molar-refractivity contribution in [2.75, 3.05) is 6.61 Å². The summed E-state index contributed by atoms with van der Waals surface area (Å²) >= 11 is 0. The Morgan fingerprint density at radius 2 is 1.79 bits per heavy atom. The molecule has 0 bridgehead atoms. The molecule has 28 heavy (non-hydrogen) atoms. The van der Waals surface area contributed by atoms with E-state index in [1.54, 1.807) is 6.92 Å². The molecule has 1 aromatic rings. The highest BCUT2D eigenvalue weighted by atomic mass is 16.7. The zero-order valence-corrected chi connectivity index (χ0v) is 18.4. The Kier molecular flexibility index (Phi) is 7.04. The zero-order chi connectivity index (χ0) is 21.1. The summed E-state index contributed by atoms with van der Waals surface area (Å²) < 4.78 is 6.42. The van der Waals surface area contributed by atoms with Crippen molar-refractivity contribution in [1.82, 2.24) is 14.8 Å². The summed E-state index contributed by atoms with van der Waals surface area (Å²) in [5.41, 5.74) is 1.11. The molecule has 158 valence electrons. The largest absolute Gasteiger partial charge is 0.466 e. The maximum atomic E-state index is 13.2. The molecule has 1 atom stereocenters. The third-order valence-electron chi connectivity index (χ3n) is 5.32. The smallest absolute Gasteiger partial charge is 0.305 e. The molecule has 0 N–H and O–H groups in total. The zero-order valence-electron chi connectivity index (χ0n) is 18.4. The number of aromatic nitrogens is 2. The van der Waals surface area contributed by atoms with Gasteiger partial charge < -0.3 is 4.74 Å². The Balaban J connectivity index is 2.28. The molecule has 1 aromatic heterocycles. The summed E-state index contributed by atoms with van der Waals surface area (Å²) in [7, 11) is 0. The van der Waals surface area contributed by atoms with Gasteiger partial charge in [0.15, 0.2) is 6.10 Å². The second kappa shape index (κ2) is 8.74. The fourth-order valence-corrected chi connectivity index (χ4v) is 4.08. The second-order valence-electron chi connectivity index (χ2n) is 8.89. The van der Waals surface area contributed by atoms with E-state index in [0.717, 1.165) is 30.7 Å². The van der Waals surface area contributed by atoms with Gasteiger partial charge in [-0.2, -0.15) is 10.2 Å². The Morgan fingerprint density at radius 1 is 1.18 bits per heavy atom. The number of nitrogens with zero attached hydrogens (tertiary/aromatic N) is 3. The Bertz CT molecular complexity index is 693. The molecule has 1 aliphatic heterocycles. The Labute approximate surface area is 168 Å². The summed E-state index contributed by atoms with van der Waals surface area (Å²) in [6, 6.07) is 1.86. The van der Waals surface area contributed by atoms with E-state index >= 15 is 0 Å². The molecular formula is C21H35N3O4. The molecule has 1 fully saturated rings. The highest BCUT2D eigenvalue weighted by molar-refractivity contribution is 5.84. The monoisotopic (exact) mass is 393 g/mol. The van der Waals surface area contributed by atoms with Gasteiger partial charge in [0.2, 0.25) is 0 Å². The fourth-order valence-electron chi connectivity index (χ4n) is 4.08. The number of esters is 1. The lowest BCUT2D eigenvalue weighted by atomic mass is 9.82. The molecule has 0 amide bonds. The highest BCUT2D eigenvalue weighted by Crippen LogP contribution is 2.39. The topological polar surface area (TPSA) is 73.7 Å². The SMILES string of the molecule is CCOC(=O)CCC(ON1C(C)(C)CCCC1(C)C)C(=O)n1nc(C)cc1C. The standard InChI is InChI=1S/C21H35N3O4/c1-8-27-18(25)11-10-17(19(26)23-16(3)14-15(2)22-23)28-24-20(4,5)12-9-13-21(24,6)7/h14,17H,8-13H2,1-7H3. The van der Waals surface area contributed by atoms with Crippen LogP contribution in [-0.4, -0.2) is 50.5 Å². The molecule has 2 rings (SSSR count). The van der Waals surface area contributed by atoms with E-state index in [9.17, 15) is 9.59 Å². The third-order valence-corrected chi connectivity index (χ3v) is 5.32. The van der Waals surface area contributed by atoms with Crippen LogP contribution in [-0.2, 0) is 14.4 Å². The molecule has 2 heterocycles. The molecule has 7 nitrogen and oxygen atoms in total. The molecule has 1 saturated heterocycles. The van der Waals surface area contributed by atoms with Crippen LogP contribution in [0.15, 0.2) is 6.07 Å². The van der Waals surface area contributed by atoms with Crippen molar-refractivity contribution in [1.29, 1.82) is 0 Å². The van der Waals surface area contributed by atoms with Crippen molar-refractivity contribution in [3.63, 3.8) is 0 Å². The van der Waals surface area contributed by atoms with Crippen LogP contribution < -0.4 is 0 Å². The van der Waals surface area contributed by atoms with E-state index in [4.69, 9.17) is 9.57 Å². The lowest BCUT2D eigenvalue weighted by Gasteiger charge is -2.52. The summed E-state index contributed by atoms with van der Waals surface area (Å²) in [4.78, 5) is 31.5. The lowest BCUT2D eigenvalue weighted by molar-refractivity contribution is -0.296. The van der Waals surface area contributed by atoms with Crippen molar-refractivity contribution >= 4 is 11.9 Å². The van der Waals surface area contributed by atoms with Gasteiger partial charge in [0.25, 0.3) is 5.91 Å². The van der Waals surface area contributed by atoms with Gasteiger partial charge in [-0.1, -0.05) is 0 Å². The number of ether oxygens (including phenoxy) is 1. The Morgan fingerprint density at radius 3 is 2.29 bits per heavy atom. The van der Waals surface area contributed by atoms with Gasteiger partial charge >= 0.3 is 5.97 Å². The summed E-state index contributed by atoms with van der Waals surface area (Å²) in [5.74, 6) is -0.582. The van der Waals surface area contributed by atoms with E-state index in [-0.39, 0.29) is 35.8 Å². The Hall–Kier alpha value is -1.73. The first-order valence-electron chi connectivity index (χ1n) is 10.2. The van der Waals surface area contributed by atoms with E-state index < -0.39 is 6.10 Å². The van der Waals surface area contributed by atoms with Crippen LogP contribution >= 0.6 is 0 Å². The minimum absolute atomic E-state index is 0.123. The summed E-state index contributed by atoms with van der Waals surface area (Å²) in [6.45, 7) is 14.3. The van der Waals surface area contributed by atoms with Gasteiger partial charge in [-0.15, -0.1) is 0 Å². The maximum absolute atomic E-state index is 13.2. The van der Waals surface area contributed by atoms with Crippen LogP contribution in [0.25, 0.3) is 0 Å². The van der Waals surface area contributed by atoms with Gasteiger partial charge in [-0.3, -0.25) is 14.4 Å². The van der Waals surface area contributed by atoms with Crippen molar-refractivity contribution in [3.8, 4) is 0 Å². The molecule has 0 spiro atoms. The maximum Gasteiger partial charge on any atom is 0.305 e. The van der Waals surface area contributed by atoms with E-state index in [2.05, 4.69) is 32.8 Å². The third kappa shape index (κ3) is 5.20. The van der Waals surface area contributed by atoms with Crippen LogP contribution in [0.1, 0.15) is 82.9 Å². The minimum Gasteiger partial charge on any atom is -0.466 e. The molecule has 7 heteroatoms. The predicted octanol–water partition coefficient (Wildman–Crippen LogP) is 3.83. The number of hydroxylamine groups is 2. The van der Waals surface area contributed by atoms with E-state index in [1.807, 2.05) is 25.0 Å². The number of rotatable bonds is 7. The van der Waals surface area contributed by atoms with Crippen LogP contribution in [0.5, 0.6) is 0 Å². The second-order valence-corrected chi connectivity index (χ2v) is 8.89. The molecule has 0 saturated carbocycles. The fraction of sp³-hybridized carbons (Fsp3) is 0.762. The van der Waals surface area contributed by atoms with Crippen LogP contribution in [0, 0.1) is 13.8 Å². The first-order valence-corrected chi connectivity index (χ1v) is 10.2. The number of hydrogen-bond acceptors (Lipinski definition) is 6. The summed E-state index contributed by atoms with van der Waals surface area (Å²) in [6.07, 6.45) is 2.64. The van der Waals surface area contributed by atoms with Gasteiger partial charge in [0.1, 0.15) is 0 Å². The van der Waals surface area contributed by atoms with Gasteiger partial charge in [-0.05, 0) is 80.2 Å². The first-order chi connectivity index (χ1) is 13.0. The van der Waals surface area contributed by atoms with Crippen LogP contribution in [0.4, 0.5) is 0 Å². The average molecular weight is 394 g/mol. The minimum atomic E-state index is -0.806. The number of carbonyl (C=O) groups excluding carboxylic acids is 2. The predicted molar refractivity (Wildman–Crippen MR) is 107 cm³/mol. The van der Waals surface area contributed by atoms with Crippen molar-refractivity contribution in [2.24, 2.45) is 0 Å². The van der Waals surface area contributed by atoms with Crippen molar-refractivity contribution in [3.05, 3.63) is 17.5 Å². The van der Waals surface area contributed by atoms with Gasteiger partial charge in [0, 0.05) is 23.2 Å². The number of hydrogen-bond donors (Lipinski definition) is 0. The first kappa shape index (κ1) is 22.6. The molecular weight excluding hydrogens is 358 g/mol. The quantitative estimate of drug-likeness (QED) is 0.656. The molecule has 0 aromatic carbocycles. The molecule has 0 radical (unpaired) electrons. The van der Waals surface area contributed by atoms with E-state index in [1.165, 1.54) is 4.68 Å².